The highest BCUT2D eigenvalue weighted by molar-refractivity contribution is 5.89. The van der Waals surface area contributed by atoms with Crippen LogP contribution in [0.4, 0.5) is 10.5 Å². The minimum Gasteiger partial charge on any atom is -0.373 e. The van der Waals surface area contributed by atoms with Crippen molar-refractivity contribution in [3.8, 4) is 0 Å². The fourth-order valence-corrected chi connectivity index (χ4v) is 3.78. The average Bonchev–Trinajstić information content (AvgIpc) is 3.22. The number of urea groups is 1. The van der Waals surface area contributed by atoms with Gasteiger partial charge in [0, 0.05) is 30.9 Å². The lowest BCUT2D eigenvalue weighted by molar-refractivity contribution is -0.0504. The number of rotatable bonds is 3. The third-order valence-electron chi connectivity index (χ3n) is 5.27. The minimum absolute atomic E-state index is 0.0470. The predicted octanol–water partition coefficient (Wildman–Crippen LogP) is 2.41. The maximum atomic E-state index is 12.6. The van der Waals surface area contributed by atoms with Crippen molar-refractivity contribution in [2.75, 3.05) is 31.6 Å². The standard InChI is InChI=1S/C19H24N4O3/c1-13-16(14(2)26-21-13)10-22-8-9-25-18-12-23(11-17(18)22)19(24)20-15-6-4-3-5-7-15/h3-7,17-18H,8-12H2,1-2H3,(H,20,24)/t17-,18+/m0/s1. The van der Waals surface area contributed by atoms with Gasteiger partial charge in [0.25, 0.3) is 0 Å². The molecule has 7 heteroatoms. The smallest absolute Gasteiger partial charge is 0.321 e. The second-order valence-corrected chi connectivity index (χ2v) is 6.95. The summed E-state index contributed by atoms with van der Waals surface area (Å²) in [5.41, 5.74) is 2.88. The van der Waals surface area contributed by atoms with Gasteiger partial charge in [-0.25, -0.2) is 4.79 Å². The molecule has 0 radical (unpaired) electrons. The fraction of sp³-hybridized carbons (Fsp3) is 0.474. The third-order valence-corrected chi connectivity index (χ3v) is 5.27. The second kappa shape index (κ2) is 7.09. The number of hydrogen-bond acceptors (Lipinski definition) is 5. The molecule has 1 N–H and O–H groups in total. The molecule has 2 aromatic rings. The zero-order chi connectivity index (χ0) is 18.1. The average molecular weight is 356 g/mol. The quantitative estimate of drug-likeness (QED) is 0.914. The van der Waals surface area contributed by atoms with E-state index in [2.05, 4.69) is 15.4 Å². The fourth-order valence-electron chi connectivity index (χ4n) is 3.78. The summed E-state index contributed by atoms with van der Waals surface area (Å²) in [6.45, 7) is 7.49. The summed E-state index contributed by atoms with van der Waals surface area (Å²) in [5, 5.41) is 7.01. The van der Waals surface area contributed by atoms with Crippen molar-refractivity contribution >= 4 is 11.7 Å². The first kappa shape index (κ1) is 17.1. The van der Waals surface area contributed by atoms with Gasteiger partial charge < -0.3 is 19.5 Å². The van der Waals surface area contributed by atoms with Gasteiger partial charge in [0.15, 0.2) is 0 Å². The number of amides is 2. The van der Waals surface area contributed by atoms with E-state index in [0.29, 0.717) is 19.7 Å². The molecular formula is C19H24N4O3. The Morgan fingerprint density at radius 2 is 2.08 bits per heavy atom. The Labute approximate surface area is 152 Å². The number of para-hydroxylation sites is 1. The normalized spacial score (nSPS) is 23.1. The zero-order valence-electron chi connectivity index (χ0n) is 15.1. The molecule has 0 bridgehead atoms. The van der Waals surface area contributed by atoms with Gasteiger partial charge in [0.2, 0.25) is 0 Å². The molecule has 0 saturated carbocycles. The van der Waals surface area contributed by atoms with Crippen molar-refractivity contribution in [2.45, 2.75) is 32.5 Å². The minimum atomic E-state index is -0.0773. The molecule has 1 aromatic heterocycles. The van der Waals surface area contributed by atoms with Crippen molar-refractivity contribution < 1.29 is 14.1 Å². The number of carbonyl (C=O) groups is 1. The van der Waals surface area contributed by atoms with Crippen LogP contribution < -0.4 is 5.32 Å². The number of hydrogen-bond donors (Lipinski definition) is 1. The number of nitrogens with zero attached hydrogens (tertiary/aromatic N) is 3. The molecule has 2 fully saturated rings. The van der Waals surface area contributed by atoms with Crippen LogP contribution >= 0.6 is 0 Å². The number of aromatic nitrogens is 1. The molecule has 4 rings (SSSR count). The van der Waals surface area contributed by atoms with Gasteiger partial charge in [-0.15, -0.1) is 0 Å². The molecule has 3 heterocycles. The van der Waals surface area contributed by atoms with Gasteiger partial charge in [-0.1, -0.05) is 23.4 Å². The molecule has 2 aliphatic rings. The SMILES string of the molecule is Cc1noc(C)c1CN1CCO[C@@H]2CN(C(=O)Nc3ccccc3)C[C@@H]21. The lowest BCUT2D eigenvalue weighted by atomic mass is 10.1. The maximum absolute atomic E-state index is 12.6. The van der Waals surface area contributed by atoms with E-state index in [-0.39, 0.29) is 18.2 Å². The van der Waals surface area contributed by atoms with Crippen molar-refractivity contribution in [2.24, 2.45) is 0 Å². The number of nitrogens with one attached hydrogen (secondary N) is 1. The van der Waals surface area contributed by atoms with Crippen molar-refractivity contribution in [1.82, 2.24) is 15.0 Å². The highest BCUT2D eigenvalue weighted by Gasteiger charge is 2.42. The van der Waals surface area contributed by atoms with Crippen LogP contribution in [0, 0.1) is 13.8 Å². The predicted molar refractivity (Wildman–Crippen MR) is 96.9 cm³/mol. The van der Waals surface area contributed by atoms with Gasteiger partial charge in [0.1, 0.15) is 5.76 Å². The van der Waals surface area contributed by atoms with Gasteiger partial charge >= 0.3 is 6.03 Å². The molecule has 138 valence electrons. The summed E-state index contributed by atoms with van der Waals surface area (Å²) in [6, 6.07) is 9.65. The molecule has 2 aliphatic heterocycles. The Morgan fingerprint density at radius 1 is 1.27 bits per heavy atom. The maximum Gasteiger partial charge on any atom is 0.321 e. The first-order valence-electron chi connectivity index (χ1n) is 9.00. The summed E-state index contributed by atoms with van der Waals surface area (Å²) in [4.78, 5) is 16.8. The number of morpholine rings is 1. The molecule has 2 atom stereocenters. The van der Waals surface area contributed by atoms with Gasteiger partial charge in [0.05, 0.1) is 31.0 Å². The molecule has 7 nitrogen and oxygen atoms in total. The van der Waals surface area contributed by atoms with E-state index in [1.165, 1.54) is 0 Å². The van der Waals surface area contributed by atoms with E-state index in [4.69, 9.17) is 9.26 Å². The molecule has 0 spiro atoms. The number of likely N-dealkylation sites (tertiary alicyclic amines) is 1. The van der Waals surface area contributed by atoms with E-state index in [9.17, 15) is 4.79 Å². The molecule has 0 unspecified atom stereocenters. The first-order valence-corrected chi connectivity index (χ1v) is 9.00. The van der Waals surface area contributed by atoms with E-state index in [1.54, 1.807) is 0 Å². The van der Waals surface area contributed by atoms with Crippen LogP contribution in [0.25, 0.3) is 0 Å². The van der Waals surface area contributed by atoms with Gasteiger partial charge in [-0.3, -0.25) is 4.90 Å². The van der Waals surface area contributed by atoms with Crippen molar-refractivity contribution in [3.63, 3.8) is 0 Å². The van der Waals surface area contributed by atoms with Crippen molar-refractivity contribution in [1.29, 1.82) is 0 Å². The number of anilines is 1. The summed E-state index contributed by atoms with van der Waals surface area (Å²) >= 11 is 0. The van der Waals surface area contributed by atoms with Gasteiger partial charge in [-0.2, -0.15) is 0 Å². The number of ether oxygens (including phenoxy) is 1. The van der Waals surface area contributed by atoms with Crippen LogP contribution in [0.15, 0.2) is 34.9 Å². The lowest BCUT2D eigenvalue weighted by Crippen LogP contribution is -2.50. The van der Waals surface area contributed by atoms with Crippen molar-refractivity contribution in [3.05, 3.63) is 47.3 Å². The number of aryl methyl sites for hydroxylation is 2. The van der Waals surface area contributed by atoms with E-state index < -0.39 is 0 Å². The summed E-state index contributed by atoms with van der Waals surface area (Å²) < 4.78 is 11.2. The molecule has 1 aromatic carbocycles. The Hall–Kier alpha value is -2.38. The van der Waals surface area contributed by atoms with E-state index >= 15 is 0 Å². The monoisotopic (exact) mass is 356 g/mol. The largest absolute Gasteiger partial charge is 0.373 e. The van der Waals surface area contributed by atoms with E-state index in [0.717, 1.165) is 35.8 Å². The van der Waals surface area contributed by atoms with Crippen LogP contribution in [0.1, 0.15) is 17.0 Å². The Morgan fingerprint density at radius 3 is 2.81 bits per heavy atom. The molecule has 26 heavy (non-hydrogen) atoms. The summed E-state index contributed by atoms with van der Waals surface area (Å²) in [7, 11) is 0. The lowest BCUT2D eigenvalue weighted by Gasteiger charge is -2.36. The van der Waals surface area contributed by atoms with Crippen LogP contribution in [0.5, 0.6) is 0 Å². The Bertz CT molecular complexity index is 757. The second-order valence-electron chi connectivity index (χ2n) is 6.95. The first-order chi connectivity index (χ1) is 12.6. The van der Waals surface area contributed by atoms with Crippen LogP contribution in [0.2, 0.25) is 0 Å². The molecular weight excluding hydrogens is 332 g/mol. The molecule has 0 aliphatic carbocycles. The third kappa shape index (κ3) is 3.32. The Kier molecular flexibility index (Phi) is 4.65. The van der Waals surface area contributed by atoms with Crippen LogP contribution in [0.3, 0.4) is 0 Å². The number of carbonyl (C=O) groups excluding carboxylic acids is 1. The highest BCUT2D eigenvalue weighted by Crippen LogP contribution is 2.26. The summed E-state index contributed by atoms with van der Waals surface area (Å²) in [5.74, 6) is 0.863. The number of fused-ring (bicyclic) bond motifs is 1. The Balaban J connectivity index is 1.43. The molecule has 2 amide bonds. The van der Waals surface area contributed by atoms with Gasteiger partial charge in [-0.05, 0) is 26.0 Å². The van der Waals surface area contributed by atoms with E-state index in [1.807, 2.05) is 49.1 Å². The summed E-state index contributed by atoms with van der Waals surface area (Å²) in [6.07, 6.45) is 0.0470. The topological polar surface area (TPSA) is 70.8 Å². The van der Waals surface area contributed by atoms with Crippen LogP contribution in [-0.2, 0) is 11.3 Å². The highest BCUT2D eigenvalue weighted by atomic mass is 16.5. The number of benzene rings is 1. The van der Waals surface area contributed by atoms with Crippen LogP contribution in [-0.4, -0.2) is 59.4 Å². The zero-order valence-corrected chi connectivity index (χ0v) is 15.1. The molecule has 2 saturated heterocycles.